The molecule has 0 radical (unpaired) electrons. The van der Waals surface area contributed by atoms with Crippen LogP contribution >= 0.6 is 0 Å². The number of hydrogen-bond donors (Lipinski definition) is 0. The van der Waals surface area contributed by atoms with Crippen LogP contribution in [0.25, 0.3) is 16.9 Å². The van der Waals surface area contributed by atoms with Crippen LogP contribution in [0.2, 0.25) is 0 Å². The van der Waals surface area contributed by atoms with Crippen molar-refractivity contribution in [1.82, 2.24) is 24.6 Å². The Hall–Kier alpha value is -2.96. The fraction of sp³-hybridized carbons (Fsp3) is 0.286. The highest BCUT2D eigenvalue weighted by Crippen LogP contribution is 2.29. The first-order valence-corrected chi connectivity index (χ1v) is 7.10. The molecule has 27 heavy (non-hydrogen) atoms. The number of alkyl halides is 5. The molecule has 0 aliphatic carbocycles. The van der Waals surface area contributed by atoms with Gasteiger partial charge >= 0.3 is 12.3 Å². The lowest BCUT2D eigenvalue weighted by molar-refractivity contribution is -0.237. The van der Waals surface area contributed by atoms with Gasteiger partial charge in [0, 0.05) is 25.1 Å². The van der Waals surface area contributed by atoms with E-state index in [-0.39, 0.29) is 16.9 Å². The molecular formula is C14H9F6N5O2. The Balaban J connectivity index is 1.95. The normalized spacial score (nSPS) is 12.6. The largest absolute Gasteiger partial charge is 0.466 e. The average molecular weight is 393 g/mol. The third-order valence-corrected chi connectivity index (χ3v) is 3.29. The van der Waals surface area contributed by atoms with Gasteiger partial charge in [-0.1, -0.05) is 0 Å². The van der Waals surface area contributed by atoms with Crippen molar-refractivity contribution in [2.24, 2.45) is 0 Å². The highest BCUT2D eigenvalue weighted by Gasteiger charge is 2.37. The summed E-state index contributed by atoms with van der Waals surface area (Å²) in [5, 5.41) is 6.85. The number of ether oxygens (including phenoxy) is 2. The van der Waals surface area contributed by atoms with Crippen molar-refractivity contribution in [2.45, 2.75) is 12.3 Å². The second-order valence-electron chi connectivity index (χ2n) is 5.16. The Labute approximate surface area is 146 Å². The summed E-state index contributed by atoms with van der Waals surface area (Å²) in [6.07, 6.45) is -5.22. The molecule has 7 nitrogen and oxygen atoms in total. The van der Waals surface area contributed by atoms with E-state index in [0.717, 1.165) is 36.2 Å². The molecule has 0 aliphatic heterocycles. The smallest absolute Gasteiger partial charge is 0.422 e. The molecule has 0 saturated heterocycles. The highest BCUT2D eigenvalue weighted by atomic mass is 19.4. The maximum absolute atomic E-state index is 13.9. The number of halogens is 6. The summed E-state index contributed by atoms with van der Waals surface area (Å²) < 4.78 is 87.0. The predicted molar refractivity (Wildman–Crippen MR) is 76.4 cm³/mol. The molecule has 0 saturated carbocycles. The maximum atomic E-state index is 13.9. The van der Waals surface area contributed by atoms with Crippen LogP contribution < -0.4 is 4.74 Å². The number of aromatic nitrogens is 5. The first-order chi connectivity index (χ1) is 12.6. The molecule has 0 aliphatic rings. The van der Waals surface area contributed by atoms with Crippen molar-refractivity contribution in [3.05, 3.63) is 36.3 Å². The molecule has 3 aromatic rings. The van der Waals surface area contributed by atoms with E-state index in [1.165, 1.54) is 0 Å². The molecule has 0 amide bonds. The lowest BCUT2D eigenvalue weighted by Crippen LogP contribution is -2.20. The Bertz CT molecular complexity index is 974. The van der Waals surface area contributed by atoms with E-state index in [4.69, 9.17) is 0 Å². The summed E-state index contributed by atoms with van der Waals surface area (Å²) in [5.74, 6) is -2.86. The van der Waals surface area contributed by atoms with Gasteiger partial charge in [-0.15, -0.1) is 10.2 Å². The molecule has 0 unspecified atom stereocenters. The first kappa shape index (κ1) is 18.8. The van der Waals surface area contributed by atoms with E-state index in [0.29, 0.717) is 0 Å². The molecule has 3 heterocycles. The molecular weight excluding hydrogens is 384 g/mol. The topological polar surface area (TPSA) is 74.4 Å². The van der Waals surface area contributed by atoms with Gasteiger partial charge < -0.3 is 9.47 Å². The van der Waals surface area contributed by atoms with Crippen LogP contribution in [-0.4, -0.2) is 44.5 Å². The third kappa shape index (κ3) is 3.92. The number of fused-ring (bicyclic) bond motifs is 1. The van der Waals surface area contributed by atoms with Crippen molar-refractivity contribution < 1.29 is 35.8 Å². The number of methoxy groups -OCH3 is 1. The molecule has 0 spiro atoms. The highest BCUT2D eigenvalue weighted by molar-refractivity contribution is 5.59. The van der Waals surface area contributed by atoms with Crippen molar-refractivity contribution in [3.63, 3.8) is 0 Å². The summed E-state index contributed by atoms with van der Waals surface area (Å²) in [7, 11) is 0.780. The van der Waals surface area contributed by atoms with Gasteiger partial charge in [-0.25, -0.2) is 9.37 Å². The van der Waals surface area contributed by atoms with Crippen LogP contribution in [0.3, 0.4) is 0 Å². The van der Waals surface area contributed by atoms with Crippen molar-refractivity contribution in [3.8, 4) is 17.1 Å². The zero-order valence-electron chi connectivity index (χ0n) is 13.3. The van der Waals surface area contributed by atoms with E-state index < -0.39 is 36.4 Å². The van der Waals surface area contributed by atoms with E-state index in [2.05, 4.69) is 29.6 Å². The zero-order valence-corrected chi connectivity index (χ0v) is 13.3. The number of hydrogen-bond acceptors (Lipinski definition) is 6. The van der Waals surface area contributed by atoms with Gasteiger partial charge in [-0.3, -0.25) is 9.38 Å². The lowest BCUT2D eigenvalue weighted by atomic mass is 10.2. The quantitative estimate of drug-likeness (QED) is 0.621. The monoisotopic (exact) mass is 393 g/mol. The van der Waals surface area contributed by atoms with Crippen LogP contribution in [0.5, 0.6) is 5.88 Å². The molecule has 13 heteroatoms. The fourth-order valence-electron chi connectivity index (χ4n) is 2.06. The summed E-state index contributed by atoms with van der Waals surface area (Å²) in [6, 6.07) is 0.811. The number of rotatable bonds is 5. The number of nitrogens with zero attached hydrogens (tertiary/aromatic N) is 5. The zero-order chi connectivity index (χ0) is 19.8. The van der Waals surface area contributed by atoms with Crippen molar-refractivity contribution in [1.29, 1.82) is 0 Å². The number of pyridine rings is 1. The molecule has 3 aromatic heterocycles. The van der Waals surface area contributed by atoms with Crippen molar-refractivity contribution >= 4 is 5.65 Å². The summed E-state index contributed by atoms with van der Waals surface area (Å²) in [6.45, 7) is -1.71. The van der Waals surface area contributed by atoms with Crippen molar-refractivity contribution in [2.75, 3.05) is 13.7 Å². The summed E-state index contributed by atoms with van der Waals surface area (Å²) in [4.78, 5) is 7.38. The molecule has 0 aromatic carbocycles. The van der Waals surface area contributed by atoms with Crippen LogP contribution in [0, 0.1) is 5.82 Å². The molecule has 0 fully saturated rings. The van der Waals surface area contributed by atoms with Gasteiger partial charge in [0.2, 0.25) is 5.82 Å². The standard InChI is InChI=1S/C14H9F6N5O2/c1-26-14(19,20)12-24-23-10-4-21-9(5-25(10)12)7-2-8(15)11(22-3-7)27-6-13(16,17)18/h2-5H,6H2,1H3. The Morgan fingerprint density at radius 2 is 1.81 bits per heavy atom. The Kier molecular flexibility index (Phi) is 4.63. The van der Waals surface area contributed by atoms with Gasteiger partial charge in [-0.2, -0.15) is 22.0 Å². The van der Waals surface area contributed by atoms with E-state index in [9.17, 15) is 26.3 Å². The minimum atomic E-state index is -4.66. The van der Waals surface area contributed by atoms with Crippen LogP contribution in [-0.2, 0) is 10.8 Å². The predicted octanol–water partition coefficient (Wildman–Crippen LogP) is 2.96. The summed E-state index contributed by atoms with van der Waals surface area (Å²) in [5.41, 5.74) is -0.0256. The van der Waals surface area contributed by atoms with Crippen LogP contribution in [0.4, 0.5) is 26.3 Å². The first-order valence-electron chi connectivity index (χ1n) is 7.10. The molecule has 0 bridgehead atoms. The minimum absolute atomic E-state index is 0.00846. The Morgan fingerprint density at radius 1 is 1.07 bits per heavy atom. The minimum Gasteiger partial charge on any atom is -0.466 e. The van der Waals surface area contributed by atoms with Crippen LogP contribution in [0.1, 0.15) is 5.82 Å². The fourth-order valence-corrected chi connectivity index (χ4v) is 2.06. The molecule has 144 valence electrons. The van der Waals surface area contributed by atoms with Gasteiger partial charge in [0.1, 0.15) is 0 Å². The maximum Gasteiger partial charge on any atom is 0.422 e. The SMILES string of the molecule is COC(F)(F)c1nnc2cnc(-c3cnc(OCC(F)(F)F)c(F)c3)cn12. The summed E-state index contributed by atoms with van der Waals surface area (Å²) >= 11 is 0. The van der Waals surface area contributed by atoms with E-state index in [1.54, 1.807) is 0 Å². The second-order valence-corrected chi connectivity index (χ2v) is 5.16. The molecule has 0 N–H and O–H groups in total. The van der Waals surface area contributed by atoms with E-state index in [1.807, 2.05) is 0 Å². The van der Waals surface area contributed by atoms with Gasteiger partial charge in [0.25, 0.3) is 5.88 Å². The lowest BCUT2D eigenvalue weighted by Gasteiger charge is -2.12. The van der Waals surface area contributed by atoms with E-state index >= 15 is 0 Å². The van der Waals surface area contributed by atoms with Crippen LogP contribution in [0.15, 0.2) is 24.7 Å². The molecule has 3 rings (SSSR count). The van der Waals surface area contributed by atoms with Gasteiger partial charge in [0.05, 0.1) is 11.9 Å². The average Bonchev–Trinajstić information content (AvgIpc) is 3.03. The second kappa shape index (κ2) is 6.64. The van der Waals surface area contributed by atoms with Gasteiger partial charge in [0.15, 0.2) is 18.1 Å². The Morgan fingerprint density at radius 3 is 2.44 bits per heavy atom. The van der Waals surface area contributed by atoms with Gasteiger partial charge in [-0.05, 0) is 6.07 Å². The third-order valence-electron chi connectivity index (χ3n) is 3.29. The molecule has 0 atom stereocenters.